The SMILES string of the molecule is CC(C)(C)c1noc(CCCC(=O)NC(CCCc2ccccc2)c2ccccc2)n1. The van der Waals surface area contributed by atoms with Gasteiger partial charge in [-0.2, -0.15) is 4.98 Å². The van der Waals surface area contributed by atoms with Gasteiger partial charge in [0.1, 0.15) is 0 Å². The maximum Gasteiger partial charge on any atom is 0.226 e. The van der Waals surface area contributed by atoms with Crippen molar-refractivity contribution in [1.29, 1.82) is 0 Å². The van der Waals surface area contributed by atoms with E-state index < -0.39 is 0 Å². The summed E-state index contributed by atoms with van der Waals surface area (Å²) in [6, 6.07) is 20.7. The van der Waals surface area contributed by atoms with E-state index in [2.05, 4.69) is 72.6 Å². The molecule has 0 radical (unpaired) electrons. The minimum atomic E-state index is -0.137. The van der Waals surface area contributed by atoms with Crippen LogP contribution in [0.5, 0.6) is 0 Å². The van der Waals surface area contributed by atoms with Crippen LogP contribution in [0.2, 0.25) is 0 Å². The summed E-state index contributed by atoms with van der Waals surface area (Å²) in [4.78, 5) is 17.1. The van der Waals surface area contributed by atoms with E-state index in [1.807, 2.05) is 24.3 Å². The quantitative estimate of drug-likeness (QED) is 0.466. The zero-order valence-corrected chi connectivity index (χ0v) is 18.8. The van der Waals surface area contributed by atoms with Crippen LogP contribution in [0.3, 0.4) is 0 Å². The number of nitrogens with zero attached hydrogens (tertiary/aromatic N) is 2. The molecule has 0 saturated carbocycles. The van der Waals surface area contributed by atoms with E-state index in [0.29, 0.717) is 31.0 Å². The molecule has 164 valence electrons. The molecule has 31 heavy (non-hydrogen) atoms. The lowest BCUT2D eigenvalue weighted by Crippen LogP contribution is -2.28. The molecule has 1 atom stereocenters. The highest BCUT2D eigenvalue weighted by atomic mass is 16.5. The Morgan fingerprint density at radius 2 is 1.65 bits per heavy atom. The van der Waals surface area contributed by atoms with Gasteiger partial charge in [0.15, 0.2) is 5.82 Å². The minimum Gasteiger partial charge on any atom is -0.349 e. The van der Waals surface area contributed by atoms with Crippen LogP contribution in [0.4, 0.5) is 0 Å². The molecule has 3 rings (SSSR count). The monoisotopic (exact) mass is 419 g/mol. The van der Waals surface area contributed by atoms with Crippen LogP contribution in [0.15, 0.2) is 65.2 Å². The number of carbonyl (C=O) groups is 1. The van der Waals surface area contributed by atoms with Crippen LogP contribution in [0.1, 0.15) is 75.3 Å². The first kappa shape index (κ1) is 22.7. The standard InChI is InChI=1S/C26H33N3O2/c1-26(2,3)25-28-24(31-29-25)19-11-18-23(30)27-22(21-15-8-5-9-16-21)17-10-14-20-12-6-4-7-13-20/h4-9,12-13,15-16,22H,10-11,14,17-19H2,1-3H3,(H,27,30). The summed E-state index contributed by atoms with van der Waals surface area (Å²) in [5, 5.41) is 7.28. The molecular weight excluding hydrogens is 386 g/mol. The number of amides is 1. The van der Waals surface area contributed by atoms with Crippen molar-refractivity contribution in [2.24, 2.45) is 0 Å². The van der Waals surface area contributed by atoms with Crippen LogP contribution >= 0.6 is 0 Å². The highest BCUT2D eigenvalue weighted by molar-refractivity contribution is 5.76. The first-order valence-corrected chi connectivity index (χ1v) is 11.1. The zero-order chi connectivity index (χ0) is 22.1. The molecule has 0 aliphatic rings. The van der Waals surface area contributed by atoms with Crippen molar-refractivity contribution in [3.8, 4) is 0 Å². The largest absolute Gasteiger partial charge is 0.349 e. The molecule has 3 aromatic rings. The van der Waals surface area contributed by atoms with Gasteiger partial charge in [-0.25, -0.2) is 0 Å². The molecule has 1 N–H and O–H groups in total. The van der Waals surface area contributed by atoms with Crippen molar-refractivity contribution < 1.29 is 9.32 Å². The highest BCUT2D eigenvalue weighted by Gasteiger charge is 2.21. The van der Waals surface area contributed by atoms with Crippen LogP contribution in [0, 0.1) is 0 Å². The Kier molecular flexibility index (Phi) is 7.99. The van der Waals surface area contributed by atoms with E-state index in [4.69, 9.17) is 4.52 Å². The average Bonchev–Trinajstić information content (AvgIpc) is 3.24. The fourth-order valence-electron chi connectivity index (χ4n) is 3.49. The Hall–Kier alpha value is -2.95. The predicted molar refractivity (Wildman–Crippen MR) is 123 cm³/mol. The summed E-state index contributed by atoms with van der Waals surface area (Å²) in [6.07, 6.45) is 4.66. The van der Waals surface area contributed by atoms with Gasteiger partial charge in [-0.05, 0) is 36.8 Å². The van der Waals surface area contributed by atoms with Crippen LogP contribution in [-0.4, -0.2) is 16.0 Å². The van der Waals surface area contributed by atoms with Gasteiger partial charge in [0.25, 0.3) is 0 Å². The molecule has 5 heteroatoms. The van der Waals surface area contributed by atoms with Crippen molar-refractivity contribution in [2.45, 2.75) is 70.8 Å². The molecule has 1 aromatic heterocycles. The summed E-state index contributed by atoms with van der Waals surface area (Å²) in [5.74, 6) is 1.36. The first-order valence-electron chi connectivity index (χ1n) is 11.1. The molecule has 0 aliphatic carbocycles. The lowest BCUT2D eigenvalue weighted by Gasteiger charge is -2.19. The smallest absolute Gasteiger partial charge is 0.226 e. The first-order chi connectivity index (χ1) is 14.9. The van der Waals surface area contributed by atoms with Gasteiger partial charge in [0.05, 0.1) is 6.04 Å². The predicted octanol–water partition coefficient (Wildman–Crippen LogP) is 5.57. The number of rotatable bonds is 10. The van der Waals surface area contributed by atoms with Gasteiger partial charge in [0.2, 0.25) is 11.8 Å². The average molecular weight is 420 g/mol. The molecule has 0 saturated heterocycles. The Morgan fingerprint density at radius 1 is 0.968 bits per heavy atom. The third kappa shape index (κ3) is 7.35. The second kappa shape index (κ2) is 10.9. The molecule has 0 fully saturated rings. The lowest BCUT2D eigenvalue weighted by molar-refractivity contribution is -0.122. The number of aromatic nitrogens is 2. The van der Waals surface area contributed by atoms with Gasteiger partial charge in [0, 0.05) is 18.3 Å². The van der Waals surface area contributed by atoms with E-state index >= 15 is 0 Å². The summed E-state index contributed by atoms with van der Waals surface area (Å²) in [6.45, 7) is 6.16. The molecule has 0 bridgehead atoms. The van der Waals surface area contributed by atoms with E-state index in [1.165, 1.54) is 5.56 Å². The molecule has 1 heterocycles. The third-order valence-corrected chi connectivity index (χ3v) is 5.27. The summed E-state index contributed by atoms with van der Waals surface area (Å²) >= 11 is 0. The van der Waals surface area contributed by atoms with Crippen molar-refractivity contribution in [3.05, 3.63) is 83.5 Å². The van der Waals surface area contributed by atoms with E-state index in [9.17, 15) is 4.79 Å². The maximum absolute atomic E-state index is 12.6. The number of benzene rings is 2. The molecular formula is C26H33N3O2. The summed E-state index contributed by atoms with van der Waals surface area (Å²) < 4.78 is 5.33. The van der Waals surface area contributed by atoms with Crippen molar-refractivity contribution in [3.63, 3.8) is 0 Å². The number of hydrogen-bond acceptors (Lipinski definition) is 4. The second-order valence-electron chi connectivity index (χ2n) is 9.02. The molecule has 1 unspecified atom stereocenters. The Bertz CT molecular complexity index is 930. The minimum absolute atomic E-state index is 0.0216. The Labute approximate surface area is 185 Å². The van der Waals surface area contributed by atoms with Crippen molar-refractivity contribution in [1.82, 2.24) is 15.5 Å². The maximum atomic E-state index is 12.6. The van der Waals surface area contributed by atoms with Gasteiger partial charge in [-0.3, -0.25) is 4.79 Å². The fraction of sp³-hybridized carbons (Fsp3) is 0.423. The van der Waals surface area contributed by atoms with Crippen LogP contribution < -0.4 is 5.32 Å². The molecule has 0 aliphatic heterocycles. The summed E-state index contributed by atoms with van der Waals surface area (Å²) in [7, 11) is 0. The number of carbonyl (C=O) groups excluding carboxylic acids is 1. The molecule has 0 spiro atoms. The fourth-order valence-corrected chi connectivity index (χ4v) is 3.49. The third-order valence-electron chi connectivity index (χ3n) is 5.27. The molecule has 2 aromatic carbocycles. The van der Waals surface area contributed by atoms with Crippen molar-refractivity contribution in [2.75, 3.05) is 0 Å². The zero-order valence-electron chi connectivity index (χ0n) is 18.8. The number of hydrogen-bond donors (Lipinski definition) is 1. The van der Waals surface area contributed by atoms with Gasteiger partial charge in [-0.1, -0.05) is 86.6 Å². The van der Waals surface area contributed by atoms with Gasteiger partial charge in [-0.15, -0.1) is 0 Å². The van der Waals surface area contributed by atoms with Gasteiger partial charge >= 0.3 is 0 Å². The molecule has 1 amide bonds. The highest BCUT2D eigenvalue weighted by Crippen LogP contribution is 2.21. The van der Waals surface area contributed by atoms with Crippen molar-refractivity contribution >= 4 is 5.91 Å². The number of aryl methyl sites for hydroxylation is 2. The van der Waals surface area contributed by atoms with E-state index in [-0.39, 0.29) is 17.4 Å². The lowest BCUT2D eigenvalue weighted by atomic mass is 9.96. The normalized spacial score (nSPS) is 12.5. The number of nitrogens with one attached hydrogen (secondary N) is 1. The topological polar surface area (TPSA) is 68.0 Å². The Morgan fingerprint density at radius 3 is 2.29 bits per heavy atom. The van der Waals surface area contributed by atoms with Crippen LogP contribution in [0.25, 0.3) is 0 Å². The second-order valence-corrected chi connectivity index (χ2v) is 9.02. The van der Waals surface area contributed by atoms with E-state index in [0.717, 1.165) is 24.8 Å². The molecule has 5 nitrogen and oxygen atoms in total. The summed E-state index contributed by atoms with van der Waals surface area (Å²) in [5.41, 5.74) is 2.34. The Balaban J connectivity index is 1.50. The van der Waals surface area contributed by atoms with Gasteiger partial charge < -0.3 is 9.84 Å². The van der Waals surface area contributed by atoms with Crippen LogP contribution in [-0.2, 0) is 23.1 Å². The van der Waals surface area contributed by atoms with E-state index in [1.54, 1.807) is 0 Å².